The summed E-state index contributed by atoms with van der Waals surface area (Å²) in [5.74, 6) is -2.97. The lowest BCUT2D eigenvalue weighted by Crippen LogP contribution is -2.12. The molecule has 0 spiro atoms. The molecule has 0 bridgehead atoms. The van der Waals surface area contributed by atoms with Gasteiger partial charge in [0.25, 0.3) is 0 Å². The third-order valence-electron chi connectivity index (χ3n) is 5.57. The van der Waals surface area contributed by atoms with Crippen molar-refractivity contribution < 1.29 is 27.8 Å². The number of benzene rings is 2. The number of carboxylic acid groups (broad SMARTS) is 1. The molecular formula is C21H19ClFNO5S. The van der Waals surface area contributed by atoms with Gasteiger partial charge in [0.1, 0.15) is 0 Å². The van der Waals surface area contributed by atoms with E-state index in [9.17, 15) is 27.8 Å². The number of aryl methyl sites for hydroxylation is 1. The van der Waals surface area contributed by atoms with Crippen molar-refractivity contribution in [2.45, 2.75) is 36.6 Å². The number of carboxylic acids is 1. The van der Waals surface area contributed by atoms with Gasteiger partial charge < -0.3 is 14.8 Å². The van der Waals surface area contributed by atoms with Gasteiger partial charge in [-0.3, -0.25) is 4.79 Å². The van der Waals surface area contributed by atoms with Crippen LogP contribution in [0.15, 0.2) is 35.2 Å². The summed E-state index contributed by atoms with van der Waals surface area (Å²) in [5.41, 5.74) is 2.25. The molecule has 0 saturated carbocycles. The van der Waals surface area contributed by atoms with Crippen LogP contribution in [0.1, 0.15) is 35.6 Å². The second-order valence-corrected chi connectivity index (χ2v) is 10.0. The van der Waals surface area contributed by atoms with E-state index in [-0.39, 0.29) is 34.7 Å². The molecule has 9 heteroatoms. The molecule has 6 nitrogen and oxygen atoms in total. The number of hydrogen-bond acceptors (Lipinski definition) is 4. The molecule has 1 heterocycles. The third kappa shape index (κ3) is 3.44. The van der Waals surface area contributed by atoms with Crippen LogP contribution in [-0.4, -0.2) is 35.4 Å². The standard InChI is InChI=1S/C21H19ClFNO5S/c1-30(28,29)16-9-15(23)21(27)18-14-7-4-12(8-17(25)26)19(14)24(20(16)18)10-11-2-5-13(22)6-3-11/h2-3,5-6,9,12,27H,4,7-8,10H2,1H3,(H,25,26). The smallest absolute Gasteiger partial charge is 0.304 e. The van der Waals surface area contributed by atoms with E-state index in [4.69, 9.17) is 11.6 Å². The Bertz CT molecular complexity index is 1280. The lowest BCUT2D eigenvalue weighted by molar-refractivity contribution is -0.137. The highest BCUT2D eigenvalue weighted by Crippen LogP contribution is 2.47. The van der Waals surface area contributed by atoms with Crippen molar-refractivity contribution in [1.29, 1.82) is 0 Å². The van der Waals surface area contributed by atoms with Crippen LogP contribution in [0.5, 0.6) is 5.75 Å². The van der Waals surface area contributed by atoms with E-state index in [1.807, 2.05) is 0 Å². The lowest BCUT2D eigenvalue weighted by atomic mass is 10.0. The number of phenols is 1. The van der Waals surface area contributed by atoms with Gasteiger partial charge in [-0.05, 0) is 42.2 Å². The van der Waals surface area contributed by atoms with Crippen molar-refractivity contribution >= 4 is 38.3 Å². The minimum Gasteiger partial charge on any atom is -0.504 e. The summed E-state index contributed by atoms with van der Waals surface area (Å²) in [6.45, 7) is 0.229. The van der Waals surface area contributed by atoms with Crippen molar-refractivity contribution in [3.8, 4) is 5.75 Å². The van der Waals surface area contributed by atoms with Gasteiger partial charge in [0.05, 0.1) is 16.8 Å². The first-order valence-electron chi connectivity index (χ1n) is 9.30. The zero-order chi connectivity index (χ0) is 21.8. The zero-order valence-electron chi connectivity index (χ0n) is 16.0. The van der Waals surface area contributed by atoms with Crippen LogP contribution in [0, 0.1) is 5.82 Å². The highest BCUT2D eigenvalue weighted by molar-refractivity contribution is 7.91. The number of carbonyl (C=O) groups is 1. The molecule has 0 saturated heterocycles. The second kappa shape index (κ2) is 7.28. The normalized spacial score (nSPS) is 16.2. The number of aliphatic carboxylic acids is 1. The Morgan fingerprint density at radius 1 is 1.30 bits per heavy atom. The molecule has 1 aliphatic carbocycles. The van der Waals surface area contributed by atoms with Gasteiger partial charge in [0.2, 0.25) is 0 Å². The van der Waals surface area contributed by atoms with E-state index < -0.39 is 27.4 Å². The summed E-state index contributed by atoms with van der Waals surface area (Å²) in [5, 5.41) is 20.5. The van der Waals surface area contributed by atoms with Crippen molar-refractivity contribution in [3.63, 3.8) is 0 Å². The number of rotatable bonds is 5. The Morgan fingerprint density at radius 3 is 2.57 bits per heavy atom. The van der Waals surface area contributed by atoms with Crippen LogP contribution in [-0.2, 0) is 27.6 Å². The molecule has 158 valence electrons. The van der Waals surface area contributed by atoms with Crippen LogP contribution in [0.4, 0.5) is 4.39 Å². The predicted octanol–water partition coefficient (Wildman–Crippen LogP) is 4.10. The Hall–Kier alpha value is -2.58. The average Bonchev–Trinajstić information content (AvgIpc) is 3.18. The fraction of sp³-hybridized carbons (Fsp3) is 0.286. The Balaban J connectivity index is 2.07. The molecule has 1 unspecified atom stereocenters. The third-order valence-corrected chi connectivity index (χ3v) is 6.93. The Morgan fingerprint density at radius 2 is 1.97 bits per heavy atom. The highest BCUT2D eigenvalue weighted by atomic mass is 35.5. The molecule has 4 rings (SSSR count). The van der Waals surface area contributed by atoms with E-state index in [1.165, 1.54) is 0 Å². The summed E-state index contributed by atoms with van der Waals surface area (Å²) >= 11 is 5.96. The van der Waals surface area contributed by atoms with Gasteiger partial charge in [-0.1, -0.05) is 23.7 Å². The first-order chi connectivity index (χ1) is 14.1. The van der Waals surface area contributed by atoms with Crippen LogP contribution < -0.4 is 0 Å². The molecule has 0 radical (unpaired) electrons. The minimum absolute atomic E-state index is 0.138. The van der Waals surface area contributed by atoms with Crippen LogP contribution >= 0.6 is 11.6 Å². The summed E-state index contributed by atoms with van der Waals surface area (Å²) < 4.78 is 41.1. The summed E-state index contributed by atoms with van der Waals surface area (Å²) in [4.78, 5) is 11.2. The molecule has 1 atom stereocenters. The van der Waals surface area contributed by atoms with E-state index in [1.54, 1.807) is 28.8 Å². The monoisotopic (exact) mass is 451 g/mol. The van der Waals surface area contributed by atoms with Gasteiger partial charge in [-0.15, -0.1) is 0 Å². The maximum absolute atomic E-state index is 14.5. The first-order valence-corrected chi connectivity index (χ1v) is 11.6. The number of sulfone groups is 1. The Labute approximate surface area is 177 Å². The van der Waals surface area contributed by atoms with Gasteiger partial charge in [0, 0.05) is 34.8 Å². The molecule has 30 heavy (non-hydrogen) atoms. The van der Waals surface area contributed by atoms with Crippen molar-refractivity contribution in [1.82, 2.24) is 4.57 Å². The molecular weight excluding hydrogens is 433 g/mol. The second-order valence-electron chi connectivity index (χ2n) is 7.61. The topological polar surface area (TPSA) is 96.6 Å². The van der Waals surface area contributed by atoms with Crippen LogP contribution in [0.2, 0.25) is 5.02 Å². The maximum atomic E-state index is 14.5. The fourth-order valence-electron chi connectivity index (χ4n) is 4.38. The van der Waals surface area contributed by atoms with Crippen LogP contribution in [0.3, 0.4) is 0 Å². The number of aromatic nitrogens is 1. The number of hydrogen-bond donors (Lipinski definition) is 2. The number of halogens is 2. The zero-order valence-corrected chi connectivity index (χ0v) is 17.6. The lowest BCUT2D eigenvalue weighted by Gasteiger charge is -2.17. The van der Waals surface area contributed by atoms with E-state index in [0.29, 0.717) is 29.1 Å². The fourth-order valence-corrected chi connectivity index (χ4v) is 5.38. The average molecular weight is 452 g/mol. The molecule has 1 aromatic heterocycles. The molecule has 0 fully saturated rings. The predicted molar refractivity (Wildman–Crippen MR) is 111 cm³/mol. The van der Waals surface area contributed by atoms with Gasteiger partial charge in [0.15, 0.2) is 21.4 Å². The van der Waals surface area contributed by atoms with E-state index >= 15 is 0 Å². The van der Waals surface area contributed by atoms with Gasteiger partial charge in [-0.2, -0.15) is 0 Å². The molecule has 2 aromatic carbocycles. The molecule has 2 N–H and O–H groups in total. The highest BCUT2D eigenvalue weighted by Gasteiger charge is 2.35. The number of phenolic OH excluding ortho intramolecular Hbond substituents is 1. The molecule has 1 aliphatic rings. The maximum Gasteiger partial charge on any atom is 0.304 e. The summed E-state index contributed by atoms with van der Waals surface area (Å²) in [6.07, 6.45) is 1.80. The quantitative estimate of drug-likeness (QED) is 0.608. The van der Waals surface area contributed by atoms with Crippen molar-refractivity contribution in [2.24, 2.45) is 0 Å². The SMILES string of the molecule is CS(=O)(=O)c1cc(F)c(O)c2c3c(n(Cc4ccc(Cl)cc4)c12)C(CC(=O)O)CC3. The van der Waals surface area contributed by atoms with Gasteiger partial charge in [-0.25, -0.2) is 12.8 Å². The minimum atomic E-state index is -3.83. The number of fused-ring (bicyclic) bond motifs is 3. The summed E-state index contributed by atoms with van der Waals surface area (Å²) in [7, 11) is -3.83. The molecule has 0 aliphatic heterocycles. The molecule has 3 aromatic rings. The number of aromatic hydroxyl groups is 1. The Kier molecular flexibility index (Phi) is 5.02. The van der Waals surface area contributed by atoms with Gasteiger partial charge >= 0.3 is 5.97 Å². The van der Waals surface area contributed by atoms with E-state index in [0.717, 1.165) is 17.9 Å². The summed E-state index contributed by atoms with van der Waals surface area (Å²) in [6, 6.07) is 7.79. The van der Waals surface area contributed by atoms with Crippen LogP contribution in [0.25, 0.3) is 10.9 Å². The largest absolute Gasteiger partial charge is 0.504 e. The number of nitrogens with zero attached hydrogens (tertiary/aromatic N) is 1. The van der Waals surface area contributed by atoms with Crippen molar-refractivity contribution in [2.75, 3.05) is 6.26 Å². The molecule has 0 amide bonds. The van der Waals surface area contributed by atoms with Crippen molar-refractivity contribution in [3.05, 3.63) is 58.0 Å². The van der Waals surface area contributed by atoms with E-state index in [2.05, 4.69) is 0 Å². The first kappa shape index (κ1) is 20.7.